The zero-order chi connectivity index (χ0) is 18.7. The van der Waals surface area contributed by atoms with E-state index >= 15 is 0 Å². The van der Waals surface area contributed by atoms with E-state index in [2.05, 4.69) is 6.58 Å². The maximum absolute atomic E-state index is 12.7. The molecule has 0 aliphatic rings. The van der Waals surface area contributed by atoms with Gasteiger partial charge in [0.1, 0.15) is 5.75 Å². The third-order valence-electron chi connectivity index (χ3n) is 2.91. The van der Waals surface area contributed by atoms with Crippen LogP contribution < -0.4 is 4.18 Å². The Kier molecular flexibility index (Phi) is 5.78. The molecule has 0 N–H and O–H groups in total. The van der Waals surface area contributed by atoms with Gasteiger partial charge in [-0.1, -0.05) is 43.0 Å². The van der Waals surface area contributed by atoms with Crippen molar-refractivity contribution in [3.05, 3.63) is 66.7 Å². The zero-order valence-electron chi connectivity index (χ0n) is 13.1. The summed E-state index contributed by atoms with van der Waals surface area (Å²) < 4.78 is 66.4. The highest BCUT2D eigenvalue weighted by Gasteiger charge is 2.39. The highest BCUT2D eigenvalue weighted by atomic mass is 32.3. The lowest BCUT2D eigenvalue weighted by Crippen LogP contribution is -2.39. The first kappa shape index (κ1) is 19.3. The summed E-state index contributed by atoms with van der Waals surface area (Å²) in [5.41, 5.74) is 0.645. The van der Waals surface area contributed by atoms with Gasteiger partial charge in [-0.25, -0.2) is 16.8 Å². The molecule has 0 amide bonds. The number of rotatable bonds is 7. The summed E-state index contributed by atoms with van der Waals surface area (Å²) >= 11 is -2.82. The van der Waals surface area contributed by atoms with Gasteiger partial charge >= 0.3 is 11.3 Å². The van der Waals surface area contributed by atoms with Gasteiger partial charge < -0.3 is 4.18 Å². The van der Waals surface area contributed by atoms with Crippen molar-refractivity contribution >= 4 is 37.4 Å². The third-order valence-corrected chi connectivity index (χ3v) is 8.83. The summed E-state index contributed by atoms with van der Waals surface area (Å²) in [6.45, 7) is 3.55. The molecule has 0 aliphatic carbocycles. The van der Waals surface area contributed by atoms with Crippen LogP contribution in [0.4, 0.5) is 0 Å². The summed E-state index contributed by atoms with van der Waals surface area (Å²) in [7, 11) is -9.02. The van der Waals surface area contributed by atoms with Gasteiger partial charge in [0.2, 0.25) is 10.0 Å². The highest BCUT2D eigenvalue weighted by molar-refractivity contribution is 8.14. The second kappa shape index (κ2) is 7.48. The molecule has 0 spiro atoms. The van der Waals surface area contributed by atoms with Crippen LogP contribution in [-0.2, 0) is 31.3 Å². The molecule has 2 aromatic carbocycles. The van der Waals surface area contributed by atoms with Gasteiger partial charge in [0.25, 0.3) is 10.0 Å². The van der Waals surface area contributed by atoms with Crippen LogP contribution in [-0.4, -0.2) is 30.4 Å². The van der Waals surface area contributed by atoms with Gasteiger partial charge in [-0.05, 0) is 29.8 Å². The molecule has 25 heavy (non-hydrogen) atoms. The van der Waals surface area contributed by atoms with E-state index < -0.39 is 31.3 Å². The van der Waals surface area contributed by atoms with Gasteiger partial charge in [-0.15, -0.1) is 0 Å². The van der Waals surface area contributed by atoms with Crippen LogP contribution in [0.15, 0.2) is 66.1 Å². The number of para-hydroxylation sites is 1. The number of hydrogen-bond donors (Lipinski definition) is 0. The lowest BCUT2D eigenvalue weighted by Gasteiger charge is -2.18. The largest absolute Gasteiger partial charge is 0.388 e. The monoisotopic (exact) mass is 401 g/mol. The van der Waals surface area contributed by atoms with Crippen molar-refractivity contribution in [2.24, 2.45) is 0 Å². The molecule has 0 heterocycles. The average Bonchev–Trinajstić information content (AvgIpc) is 2.54. The molecule has 0 saturated heterocycles. The number of hydrogen-bond acceptors (Lipinski definition) is 6. The Morgan fingerprint density at radius 2 is 1.56 bits per heavy atom. The Labute approximate surface area is 149 Å². The molecule has 2 rings (SSSR count). The van der Waals surface area contributed by atoms with Crippen molar-refractivity contribution < 1.29 is 25.2 Å². The molecule has 0 saturated carbocycles. The first-order valence-corrected chi connectivity index (χ1v) is 11.1. The van der Waals surface area contributed by atoms with Gasteiger partial charge in [-0.3, -0.25) is 0 Å². The van der Waals surface area contributed by atoms with Gasteiger partial charge in [0.05, 0.1) is 11.2 Å². The first-order chi connectivity index (χ1) is 11.7. The average molecular weight is 401 g/mol. The van der Waals surface area contributed by atoms with E-state index in [4.69, 9.17) is 4.18 Å². The van der Waals surface area contributed by atoms with Crippen LogP contribution in [0.1, 0.15) is 5.56 Å². The fourth-order valence-corrected chi connectivity index (χ4v) is 6.46. The Morgan fingerprint density at radius 3 is 2.04 bits per heavy atom. The van der Waals surface area contributed by atoms with E-state index in [1.165, 1.54) is 42.5 Å². The third kappa shape index (κ3) is 4.54. The van der Waals surface area contributed by atoms with Crippen molar-refractivity contribution in [1.82, 2.24) is 3.12 Å². The van der Waals surface area contributed by atoms with Crippen LogP contribution in [0.5, 0.6) is 5.75 Å². The summed E-state index contributed by atoms with van der Waals surface area (Å²) in [5, 5.41) is 0. The second-order valence-electron chi connectivity index (χ2n) is 4.82. The molecular formula is C15H15NO6S3. The molecule has 134 valence electrons. The molecule has 10 heteroatoms. The highest BCUT2D eigenvalue weighted by Crippen LogP contribution is 2.23. The van der Waals surface area contributed by atoms with Gasteiger partial charge in [0.15, 0.2) is 0 Å². The predicted octanol–water partition coefficient (Wildman–Crippen LogP) is 1.94. The van der Waals surface area contributed by atoms with Gasteiger partial charge in [0, 0.05) is 3.12 Å². The summed E-state index contributed by atoms with van der Waals surface area (Å²) in [6.07, 6.45) is 2.14. The summed E-state index contributed by atoms with van der Waals surface area (Å²) in [6, 6.07) is 12.9. The fourth-order valence-electron chi connectivity index (χ4n) is 1.82. The van der Waals surface area contributed by atoms with Crippen molar-refractivity contribution in [2.75, 3.05) is 6.26 Å². The molecule has 1 atom stereocenters. The molecule has 0 aromatic heterocycles. The quantitative estimate of drug-likeness (QED) is 0.703. The van der Waals surface area contributed by atoms with Crippen LogP contribution >= 0.6 is 0 Å². The second-order valence-corrected chi connectivity index (χ2v) is 10.1. The zero-order valence-corrected chi connectivity index (χ0v) is 15.6. The molecule has 0 bridgehead atoms. The molecule has 1 unspecified atom stereocenters. The normalized spacial score (nSPS) is 13.4. The summed E-state index contributed by atoms with van der Waals surface area (Å²) in [5.74, 6) is 0.0617. The Balaban J connectivity index is 2.45. The first-order valence-electron chi connectivity index (χ1n) is 6.79. The number of nitrogens with zero attached hydrogens (tertiary/aromatic N) is 1. The van der Waals surface area contributed by atoms with E-state index in [-0.39, 0.29) is 13.8 Å². The standard InChI is InChI=1S/C15H15NO6S3/c1-3-13-9-11-15(12-10-13)25(20,21)16(24(2,18)19)23(17)22-14-7-5-4-6-8-14/h3-12H,1H2,2H3. The van der Waals surface area contributed by atoms with E-state index in [0.717, 1.165) is 0 Å². The van der Waals surface area contributed by atoms with E-state index in [1.54, 1.807) is 18.2 Å². The van der Waals surface area contributed by atoms with Crippen LogP contribution in [0.3, 0.4) is 0 Å². The van der Waals surface area contributed by atoms with Gasteiger partial charge in [-0.2, -0.15) is 4.21 Å². The van der Waals surface area contributed by atoms with Crippen LogP contribution in [0.2, 0.25) is 0 Å². The molecule has 0 radical (unpaired) electrons. The van der Waals surface area contributed by atoms with Crippen LogP contribution in [0.25, 0.3) is 6.08 Å². The number of benzene rings is 2. The minimum absolute atomic E-state index is 0.0617. The lowest BCUT2D eigenvalue weighted by atomic mass is 10.2. The topological polar surface area (TPSA) is 97.8 Å². The predicted molar refractivity (Wildman–Crippen MR) is 95.6 cm³/mol. The van der Waals surface area contributed by atoms with E-state index in [0.29, 0.717) is 11.8 Å². The van der Waals surface area contributed by atoms with Crippen molar-refractivity contribution in [1.29, 1.82) is 0 Å². The molecule has 0 aliphatic heterocycles. The van der Waals surface area contributed by atoms with E-state index in [9.17, 15) is 21.0 Å². The number of sulfonamides is 2. The Bertz CT molecular complexity index is 983. The Hall–Kier alpha value is -2.01. The Morgan fingerprint density at radius 1 is 1.00 bits per heavy atom. The fraction of sp³-hybridized carbons (Fsp3) is 0.0667. The molecule has 2 aromatic rings. The molecule has 7 nitrogen and oxygen atoms in total. The lowest BCUT2D eigenvalue weighted by molar-refractivity contribution is 0.515. The minimum atomic E-state index is -4.62. The SMILES string of the molecule is C=Cc1ccc(S(=O)(=O)N(S(=O)Oc2ccccc2)S(C)(=O)=O)cc1. The maximum Gasteiger partial charge on any atom is 0.320 e. The van der Waals surface area contributed by atoms with Crippen molar-refractivity contribution in [3.63, 3.8) is 0 Å². The smallest absolute Gasteiger partial charge is 0.320 e. The molecular weight excluding hydrogens is 386 g/mol. The molecule has 0 fully saturated rings. The van der Waals surface area contributed by atoms with E-state index in [1.807, 2.05) is 0 Å². The van der Waals surface area contributed by atoms with Crippen LogP contribution in [0, 0.1) is 0 Å². The van der Waals surface area contributed by atoms with Crippen molar-refractivity contribution in [3.8, 4) is 5.75 Å². The summed E-state index contributed by atoms with van der Waals surface area (Å²) in [4.78, 5) is -0.339. The minimum Gasteiger partial charge on any atom is -0.388 e. The van der Waals surface area contributed by atoms with Crippen molar-refractivity contribution in [2.45, 2.75) is 4.90 Å². The maximum atomic E-state index is 12.7.